The molecule has 1 atom stereocenters. The van der Waals surface area contributed by atoms with Gasteiger partial charge >= 0.3 is 6.09 Å². The molecule has 0 saturated carbocycles. The molecule has 8 heteroatoms. The van der Waals surface area contributed by atoms with Gasteiger partial charge in [-0.2, -0.15) is 0 Å². The van der Waals surface area contributed by atoms with Gasteiger partial charge in [0.25, 0.3) is 11.8 Å². The number of imide groups is 1. The minimum absolute atomic E-state index is 0.100. The van der Waals surface area contributed by atoms with Crippen LogP contribution in [-0.4, -0.2) is 65.0 Å². The number of hydrogen-bond acceptors (Lipinski definition) is 6. The highest BCUT2D eigenvalue weighted by Crippen LogP contribution is 2.20. The highest BCUT2D eigenvalue weighted by Gasteiger charge is 2.41. The van der Waals surface area contributed by atoms with Gasteiger partial charge in [0.2, 0.25) is 0 Å². The fourth-order valence-electron chi connectivity index (χ4n) is 2.57. The molecule has 0 N–H and O–H groups in total. The van der Waals surface area contributed by atoms with E-state index in [2.05, 4.69) is 4.98 Å². The number of hydrogen-bond donors (Lipinski definition) is 0. The lowest BCUT2D eigenvalue weighted by Crippen LogP contribution is -2.42. The number of aromatic nitrogens is 1. The predicted octanol–water partition coefficient (Wildman–Crippen LogP) is 0.0401. The molecule has 3 amide bonds. The first-order valence-corrected chi connectivity index (χ1v) is 6.94. The molecule has 3 heterocycles. The molecule has 22 heavy (non-hydrogen) atoms. The van der Waals surface area contributed by atoms with Gasteiger partial charge in [-0.25, -0.2) is 9.69 Å². The van der Waals surface area contributed by atoms with Crippen molar-refractivity contribution in [2.75, 3.05) is 26.3 Å². The molecule has 3 rings (SSSR count). The zero-order valence-corrected chi connectivity index (χ0v) is 11.8. The minimum Gasteiger partial charge on any atom is -0.482 e. The second kappa shape index (κ2) is 6.00. The second-order valence-electron chi connectivity index (χ2n) is 5.08. The van der Waals surface area contributed by atoms with E-state index in [0.717, 1.165) is 4.90 Å². The molecular weight excluding hydrogens is 290 g/mol. The van der Waals surface area contributed by atoms with Crippen LogP contribution in [0.15, 0.2) is 24.5 Å². The van der Waals surface area contributed by atoms with Crippen LogP contribution in [0.25, 0.3) is 0 Å². The fraction of sp³-hybridized carbons (Fsp3) is 0.429. The topological polar surface area (TPSA) is 89.0 Å². The molecule has 0 bridgehead atoms. The maximum atomic E-state index is 12.1. The van der Waals surface area contributed by atoms with Crippen LogP contribution in [0, 0.1) is 0 Å². The monoisotopic (exact) mass is 305 g/mol. The smallest absolute Gasteiger partial charge is 0.417 e. The zero-order valence-electron chi connectivity index (χ0n) is 11.8. The lowest BCUT2D eigenvalue weighted by atomic mass is 10.2. The number of ether oxygens (including phenoxy) is 2. The number of amides is 3. The Morgan fingerprint density at radius 1 is 1.45 bits per heavy atom. The third-order valence-corrected chi connectivity index (χ3v) is 3.66. The Hall–Kier alpha value is -2.64. The van der Waals surface area contributed by atoms with E-state index in [1.165, 1.54) is 6.20 Å². The molecule has 0 aromatic carbocycles. The zero-order chi connectivity index (χ0) is 15.5. The van der Waals surface area contributed by atoms with Crippen molar-refractivity contribution in [1.82, 2.24) is 14.8 Å². The van der Waals surface area contributed by atoms with Crippen molar-refractivity contribution in [2.45, 2.75) is 12.5 Å². The van der Waals surface area contributed by atoms with Crippen LogP contribution in [0.4, 0.5) is 4.79 Å². The number of likely N-dealkylation sites (tertiary alicyclic amines) is 1. The number of carbonyl (C=O) groups excluding carboxylic acids is 3. The summed E-state index contributed by atoms with van der Waals surface area (Å²) in [7, 11) is 0. The van der Waals surface area contributed by atoms with Crippen molar-refractivity contribution in [3.05, 3.63) is 24.5 Å². The summed E-state index contributed by atoms with van der Waals surface area (Å²) in [5.74, 6) is -0.0211. The molecular formula is C14H15N3O5. The lowest BCUT2D eigenvalue weighted by molar-refractivity contribution is -0.133. The molecule has 2 saturated heterocycles. The van der Waals surface area contributed by atoms with E-state index in [4.69, 9.17) is 9.47 Å². The van der Waals surface area contributed by atoms with E-state index < -0.39 is 6.09 Å². The predicted molar refractivity (Wildman–Crippen MR) is 72.9 cm³/mol. The maximum Gasteiger partial charge on any atom is 0.417 e. The third-order valence-electron chi connectivity index (χ3n) is 3.66. The Labute approximate surface area is 126 Å². The molecule has 116 valence electrons. The SMILES string of the molecule is O=C(COc1cccnc1)N1CCC(N2C(=O)COC2=O)C1. The first-order chi connectivity index (χ1) is 10.6. The average molecular weight is 305 g/mol. The van der Waals surface area contributed by atoms with E-state index >= 15 is 0 Å². The maximum absolute atomic E-state index is 12.1. The summed E-state index contributed by atoms with van der Waals surface area (Å²) < 4.78 is 10.1. The van der Waals surface area contributed by atoms with Gasteiger partial charge in [-0.15, -0.1) is 0 Å². The number of nitrogens with zero attached hydrogens (tertiary/aromatic N) is 3. The Morgan fingerprint density at radius 2 is 2.32 bits per heavy atom. The van der Waals surface area contributed by atoms with Crippen molar-refractivity contribution in [1.29, 1.82) is 0 Å². The summed E-state index contributed by atoms with van der Waals surface area (Å²) in [5, 5.41) is 0. The summed E-state index contributed by atoms with van der Waals surface area (Å²) in [6, 6.07) is 3.12. The van der Waals surface area contributed by atoms with E-state index in [1.807, 2.05) is 0 Å². The summed E-state index contributed by atoms with van der Waals surface area (Å²) in [4.78, 5) is 41.8. The summed E-state index contributed by atoms with van der Waals surface area (Å²) in [6.45, 7) is 0.483. The van der Waals surface area contributed by atoms with E-state index in [9.17, 15) is 14.4 Å². The molecule has 1 aromatic heterocycles. The molecule has 1 aromatic rings. The van der Waals surface area contributed by atoms with Crippen molar-refractivity contribution >= 4 is 17.9 Å². The minimum atomic E-state index is -0.629. The normalized spacial score (nSPS) is 21.2. The number of carbonyl (C=O) groups is 3. The van der Waals surface area contributed by atoms with Gasteiger partial charge in [0.05, 0.1) is 12.2 Å². The van der Waals surface area contributed by atoms with Crippen LogP contribution in [0.5, 0.6) is 5.75 Å². The largest absolute Gasteiger partial charge is 0.482 e. The van der Waals surface area contributed by atoms with Crippen LogP contribution in [-0.2, 0) is 14.3 Å². The quantitative estimate of drug-likeness (QED) is 0.780. The van der Waals surface area contributed by atoms with E-state index in [1.54, 1.807) is 23.2 Å². The Balaban J connectivity index is 1.53. The molecule has 0 spiro atoms. The molecule has 8 nitrogen and oxygen atoms in total. The standard InChI is InChI=1S/C14H15N3O5/c18-12(8-21-11-2-1-4-15-6-11)16-5-3-10(7-16)17-13(19)9-22-14(17)20/h1-2,4,6,10H,3,5,7-9H2. The molecule has 2 aliphatic heterocycles. The van der Waals surface area contributed by atoms with Crippen molar-refractivity contribution in [3.8, 4) is 5.75 Å². The number of cyclic esters (lactones) is 1. The summed E-state index contributed by atoms with van der Waals surface area (Å²) >= 11 is 0. The van der Waals surface area contributed by atoms with Gasteiger partial charge < -0.3 is 14.4 Å². The lowest BCUT2D eigenvalue weighted by Gasteiger charge is -2.20. The van der Waals surface area contributed by atoms with Gasteiger partial charge in [-0.3, -0.25) is 14.6 Å². The molecule has 1 unspecified atom stereocenters. The molecule has 2 aliphatic rings. The van der Waals surface area contributed by atoms with Gasteiger partial charge in [0.1, 0.15) is 5.75 Å². The first-order valence-electron chi connectivity index (χ1n) is 6.94. The van der Waals surface area contributed by atoms with Gasteiger partial charge in [0, 0.05) is 19.3 Å². The van der Waals surface area contributed by atoms with Crippen molar-refractivity contribution in [3.63, 3.8) is 0 Å². The highest BCUT2D eigenvalue weighted by atomic mass is 16.6. The van der Waals surface area contributed by atoms with Gasteiger partial charge in [0.15, 0.2) is 13.2 Å². The van der Waals surface area contributed by atoms with Gasteiger partial charge in [-0.1, -0.05) is 0 Å². The first kappa shape index (κ1) is 14.3. The average Bonchev–Trinajstić information content (AvgIpc) is 3.13. The third kappa shape index (κ3) is 2.85. The van der Waals surface area contributed by atoms with Crippen LogP contribution >= 0.6 is 0 Å². The molecule has 2 fully saturated rings. The molecule has 0 aliphatic carbocycles. The highest BCUT2D eigenvalue weighted by molar-refractivity contribution is 5.98. The second-order valence-corrected chi connectivity index (χ2v) is 5.08. The van der Waals surface area contributed by atoms with Crippen LogP contribution in [0.3, 0.4) is 0 Å². The fourth-order valence-corrected chi connectivity index (χ4v) is 2.57. The van der Waals surface area contributed by atoms with Crippen LogP contribution < -0.4 is 4.74 Å². The number of pyridine rings is 1. The van der Waals surface area contributed by atoms with Crippen molar-refractivity contribution in [2.24, 2.45) is 0 Å². The number of rotatable bonds is 4. The van der Waals surface area contributed by atoms with E-state index in [-0.39, 0.29) is 31.1 Å². The van der Waals surface area contributed by atoms with Gasteiger partial charge in [-0.05, 0) is 18.6 Å². The van der Waals surface area contributed by atoms with Crippen LogP contribution in [0.1, 0.15) is 6.42 Å². The molecule has 0 radical (unpaired) electrons. The summed E-state index contributed by atoms with van der Waals surface area (Å²) in [6.07, 6.45) is 3.07. The summed E-state index contributed by atoms with van der Waals surface area (Å²) in [5.41, 5.74) is 0. The van der Waals surface area contributed by atoms with Crippen molar-refractivity contribution < 1.29 is 23.9 Å². The Bertz CT molecular complexity index is 575. The Morgan fingerprint density at radius 3 is 3.00 bits per heavy atom. The van der Waals surface area contributed by atoms with E-state index in [0.29, 0.717) is 25.3 Å². The van der Waals surface area contributed by atoms with Crippen LogP contribution in [0.2, 0.25) is 0 Å². The Kier molecular flexibility index (Phi) is 3.90.